The number of para-hydroxylation sites is 2. The van der Waals surface area contributed by atoms with Gasteiger partial charge in [-0.15, -0.1) is 0 Å². The highest BCUT2D eigenvalue weighted by Gasteiger charge is 2.44. The maximum Gasteiger partial charge on any atom is 0.169 e. The number of methoxy groups -OCH3 is 1. The SMILES string of the molecule is COC1C=C(C2n3c4ccccc4n32)C(O)=C(C(C)(C)C)C1. The van der Waals surface area contributed by atoms with E-state index >= 15 is 0 Å². The molecule has 0 amide bonds. The molecule has 0 radical (unpaired) electrons. The first-order valence-corrected chi connectivity index (χ1v) is 7.78. The van der Waals surface area contributed by atoms with Crippen LogP contribution >= 0.6 is 0 Å². The minimum absolute atomic E-state index is 0.0330. The Hall–Kier alpha value is -1.94. The maximum atomic E-state index is 10.8. The topological polar surface area (TPSA) is 39.3 Å². The van der Waals surface area contributed by atoms with Gasteiger partial charge in [0.1, 0.15) is 5.76 Å². The van der Waals surface area contributed by atoms with Crippen molar-refractivity contribution in [1.82, 2.24) is 9.36 Å². The average molecular weight is 298 g/mol. The van der Waals surface area contributed by atoms with Crippen LogP contribution in [0.25, 0.3) is 11.0 Å². The summed E-state index contributed by atoms with van der Waals surface area (Å²) >= 11 is 0. The lowest BCUT2D eigenvalue weighted by Gasteiger charge is -2.31. The van der Waals surface area contributed by atoms with Crippen LogP contribution in [-0.4, -0.2) is 27.7 Å². The van der Waals surface area contributed by atoms with Crippen LogP contribution in [0.3, 0.4) is 0 Å². The summed E-state index contributed by atoms with van der Waals surface area (Å²) < 4.78 is 10.0. The molecule has 116 valence electrons. The molecule has 1 atom stereocenters. The summed E-state index contributed by atoms with van der Waals surface area (Å²) in [4.78, 5) is 0. The maximum absolute atomic E-state index is 10.8. The van der Waals surface area contributed by atoms with Crippen molar-refractivity contribution in [3.05, 3.63) is 47.2 Å². The lowest BCUT2D eigenvalue weighted by atomic mass is 9.78. The monoisotopic (exact) mass is 298 g/mol. The van der Waals surface area contributed by atoms with Gasteiger partial charge in [0.05, 0.1) is 17.1 Å². The van der Waals surface area contributed by atoms with Crippen molar-refractivity contribution in [2.75, 3.05) is 7.11 Å². The van der Waals surface area contributed by atoms with Crippen molar-refractivity contribution >= 4 is 11.0 Å². The van der Waals surface area contributed by atoms with Crippen molar-refractivity contribution < 1.29 is 9.84 Å². The zero-order valence-electron chi connectivity index (χ0n) is 13.5. The first-order valence-electron chi connectivity index (χ1n) is 7.78. The third kappa shape index (κ3) is 1.73. The van der Waals surface area contributed by atoms with Crippen molar-refractivity contribution in [2.24, 2.45) is 5.41 Å². The molecule has 1 unspecified atom stereocenters. The number of ether oxygens (including phenoxy) is 1. The van der Waals surface area contributed by atoms with E-state index in [1.807, 2.05) is 0 Å². The Balaban J connectivity index is 1.77. The summed E-state index contributed by atoms with van der Waals surface area (Å²) in [6, 6.07) is 8.34. The molecule has 1 N–H and O–H groups in total. The van der Waals surface area contributed by atoms with Gasteiger partial charge in [-0.3, -0.25) is 9.36 Å². The lowest BCUT2D eigenvalue weighted by Crippen LogP contribution is -2.24. The Morgan fingerprint density at radius 2 is 1.73 bits per heavy atom. The van der Waals surface area contributed by atoms with Crippen LogP contribution in [0.1, 0.15) is 33.4 Å². The Labute approximate surface area is 130 Å². The van der Waals surface area contributed by atoms with Crippen molar-refractivity contribution in [2.45, 2.75) is 39.5 Å². The van der Waals surface area contributed by atoms with Gasteiger partial charge in [0.2, 0.25) is 0 Å². The molecule has 2 heterocycles. The van der Waals surface area contributed by atoms with Gasteiger partial charge < -0.3 is 9.84 Å². The van der Waals surface area contributed by atoms with Gasteiger partial charge in [0, 0.05) is 19.1 Å². The highest BCUT2D eigenvalue weighted by Crippen LogP contribution is 2.49. The molecule has 0 saturated heterocycles. The second-order valence-electron chi connectivity index (χ2n) is 7.23. The molecule has 0 spiro atoms. The minimum atomic E-state index is -0.0637. The van der Waals surface area contributed by atoms with E-state index in [1.165, 1.54) is 11.0 Å². The summed E-state index contributed by atoms with van der Waals surface area (Å²) in [5.74, 6) is 0.450. The molecule has 4 heteroatoms. The van der Waals surface area contributed by atoms with Crippen LogP contribution in [0.4, 0.5) is 0 Å². The van der Waals surface area contributed by atoms with Crippen LogP contribution in [0.2, 0.25) is 0 Å². The van der Waals surface area contributed by atoms with Crippen LogP contribution in [-0.2, 0) is 4.74 Å². The Kier molecular flexibility index (Phi) is 2.67. The molecule has 0 bridgehead atoms. The quantitative estimate of drug-likeness (QED) is 0.910. The number of hydrogen-bond acceptors (Lipinski definition) is 2. The fourth-order valence-corrected chi connectivity index (χ4v) is 3.57. The summed E-state index contributed by atoms with van der Waals surface area (Å²) in [7, 11) is 1.73. The van der Waals surface area contributed by atoms with Gasteiger partial charge in [0.25, 0.3) is 0 Å². The highest BCUT2D eigenvalue weighted by molar-refractivity contribution is 5.82. The molecule has 1 aromatic carbocycles. The first kappa shape index (κ1) is 13.7. The fraction of sp³-hybridized carbons (Fsp3) is 0.444. The smallest absolute Gasteiger partial charge is 0.169 e. The normalized spacial score (nSPS) is 22.2. The zero-order valence-corrected chi connectivity index (χ0v) is 13.5. The number of hydrogen-bond donors (Lipinski definition) is 1. The average Bonchev–Trinajstić information content (AvgIpc) is 3.12. The molecule has 1 aromatic heterocycles. The van der Waals surface area contributed by atoms with E-state index in [1.54, 1.807) is 7.11 Å². The number of aliphatic hydroxyl groups is 1. The predicted molar refractivity (Wildman–Crippen MR) is 87.0 cm³/mol. The first-order chi connectivity index (χ1) is 10.4. The number of aliphatic hydroxyl groups excluding tert-OH is 1. The number of benzene rings is 1. The van der Waals surface area contributed by atoms with Gasteiger partial charge in [-0.05, 0) is 29.2 Å². The van der Waals surface area contributed by atoms with Crippen LogP contribution in [0.5, 0.6) is 0 Å². The summed E-state index contributed by atoms with van der Waals surface area (Å²) in [5, 5.41) is 10.8. The fourth-order valence-electron chi connectivity index (χ4n) is 3.57. The van der Waals surface area contributed by atoms with Crippen molar-refractivity contribution in [1.29, 1.82) is 0 Å². The molecule has 2 aliphatic rings. The van der Waals surface area contributed by atoms with Crippen LogP contribution < -0.4 is 0 Å². The van der Waals surface area contributed by atoms with Gasteiger partial charge in [-0.25, -0.2) is 0 Å². The summed E-state index contributed by atoms with van der Waals surface area (Å²) in [5.41, 5.74) is 4.45. The molecular formula is C18H22N2O2. The van der Waals surface area contributed by atoms with Gasteiger partial charge in [-0.2, -0.15) is 0 Å². The van der Waals surface area contributed by atoms with Gasteiger partial charge in [0.15, 0.2) is 6.17 Å². The number of nitrogens with zero attached hydrogens (tertiary/aromatic N) is 2. The van der Waals surface area contributed by atoms with Crippen LogP contribution in [0, 0.1) is 5.41 Å². The van der Waals surface area contributed by atoms with Gasteiger partial charge >= 0.3 is 0 Å². The van der Waals surface area contributed by atoms with E-state index in [0.717, 1.165) is 17.6 Å². The molecule has 4 nitrogen and oxygen atoms in total. The number of allylic oxidation sites excluding steroid dienone is 1. The Bertz CT molecular complexity index is 777. The highest BCUT2D eigenvalue weighted by atomic mass is 16.5. The number of rotatable bonds is 2. The third-order valence-corrected chi connectivity index (χ3v) is 4.83. The molecule has 0 saturated carbocycles. The second kappa shape index (κ2) is 4.29. The summed E-state index contributed by atoms with van der Waals surface area (Å²) in [6.07, 6.45) is 2.99. The van der Waals surface area contributed by atoms with E-state index in [0.29, 0.717) is 5.76 Å². The lowest BCUT2D eigenvalue weighted by molar-refractivity contribution is 0.130. The van der Waals surface area contributed by atoms with Crippen molar-refractivity contribution in [3.63, 3.8) is 0 Å². The van der Waals surface area contributed by atoms with E-state index in [9.17, 15) is 5.11 Å². The molecule has 1 aliphatic carbocycles. The Morgan fingerprint density at radius 3 is 2.23 bits per heavy atom. The number of fused-ring (bicyclic) bond motifs is 4. The van der Waals surface area contributed by atoms with Gasteiger partial charge in [-0.1, -0.05) is 32.9 Å². The van der Waals surface area contributed by atoms with E-state index < -0.39 is 0 Å². The van der Waals surface area contributed by atoms with E-state index in [-0.39, 0.29) is 17.7 Å². The number of aromatic nitrogens is 2. The minimum Gasteiger partial charge on any atom is -0.508 e. The molecule has 2 aromatic rings. The molecule has 4 rings (SSSR count). The zero-order chi connectivity index (χ0) is 15.6. The Morgan fingerprint density at radius 1 is 1.14 bits per heavy atom. The molecule has 0 fully saturated rings. The predicted octanol–water partition coefficient (Wildman–Crippen LogP) is 4.01. The largest absolute Gasteiger partial charge is 0.508 e. The third-order valence-electron chi connectivity index (χ3n) is 4.83. The molecular weight excluding hydrogens is 276 g/mol. The summed E-state index contributed by atoms with van der Waals surface area (Å²) in [6.45, 7) is 6.43. The van der Waals surface area contributed by atoms with Crippen molar-refractivity contribution in [3.8, 4) is 0 Å². The standard InChI is InChI=1S/C18H22N2O2/c1-18(2,3)13-10-11(22-4)9-12(16(13)21)17-19-14-7-5-6-8-15(14)20(17)19/h5-9,11,17,21H,10H2,1-4H3. The van der Waals surface area contributed by atoms with Crippen LogP contribution in [0.15, 0.2) is 47.2 Å². The van der Waals surface area contributed by atoms with E-state index in [2.05, 4.69) is 60.5 Å². The molecule has 22 heavy (non-hydrogen) atoms. The second-order valence-corrected chi connectivity index (χ2v) is 7.23. The van der Waals surface area contributed by atoms with E-state index in [4.69, 9.17) is 4.74 Å². The molecule has 1 aliphatic heterocycles.